The number of hydrogen-bond acceptors (Lipinski definition) is 3. The minimum Gasteiger partial charge on any atom is -0.481 e. The third-order valence-electron chi connectivity index (χ3n) is 3.23. The molecular formula is C14H17NO4. The van der Waals surface area contributed by atoms with E-state index in [-0.39, 0.29) is 18.4 Å². The molecule has 1 fully saturated rings. The maximum absolute atomic E-state index is 11.6. The Labute approximate surface area is 111 Å². The molecule has 0 radical (unpaired) electrons. The van der Waals surface area contributed by atoms with Gasteiger partial charge in [-0.05, 0) is 30.0 Å². The van der Waals surface area contributed by atoms with Crippen LogP contribution in [0.1, 0.15) is 31.2 Å². The summed E-state index contributed by atoms with van der Waals surface area (Å²) in [7, 11) is 0. The Kier molecular flexibility index (Phi) is 4.04. The van der Waals surface area contributed by atoms with Gasteiger partial charge in [-0.25, -0.2) is 4.79 Å². The van der Waals surface area contributed by atoms with Gasteiger partial charge in [-0.15, -0.1) is 0 Å². The second-order valence-electron chi connectivity index (χ2n) is 4.71. The van der Waals surface area contributed by atoms with Crippen molar-refractivity contribution >= 4 is 17.7 Å². The molecule has 5 heteroatoms. The topological polar surface area (TPSA) is 66.8 Å². The quantitative estimate of drug-likeness (QED) is 0.906. The minimum absolute atomic E-state index is 0.0418. The van der Waals surface area contributed by atoms with E-state index in [0.29, 0.717) is 13.2 Å². The largest absolute Gasteiger partial charge is 0.481 e. The summed E-state index contributed by atoms with van der Waals surface area (Å²) in [5, 5.41) is 8.77. The van der Waals surface area contributed by atoms with Gasteiger partial charge in [0.2, 0.25) is 0 Å². The fourth-order valence-electron chi connectivity index (χ4n) is 2.15. The van der Waals surface area contributed by atoms with Gasteiger partial charge >= 0.3 is 12.1 Å². The van der Waals surface area contributed by atoms with Crippen molar-refractivity contribution in [3.63, 3.8) is 0 Å². The second kappa shape index (κ2) is 5.73. The third kappa shape index (κ3) is 3.24. The van der Waals surface area contributed by atoms with E-state index in [9.17, 15) is 9.59 Å². The number of aliphatic carboxylic acids is 1. The number of cyclic esters (lactones) is 1. The van der Waals surface area contributed by atoms with E-state index < -0.39 is 5.97 Å². The lowest BCUT2D eigenvalue weighted by Gasteiger charge is -2.26. The molecule has 1 aliphatic rings. The van der Waals surface area contributed by atoms with E-state index in [1.165, 1.54) is 0 Å². The number of nitrogens with zero attached hydrogens (tertiary/aromatic N) is 1. The first-order valence-corrected chi connectivity index (χ1v) is 6.34. The van der Waals surface area contributed by atoms with Gasteiger partial charge in [0, 0.05) is 12.2 Å². The number of carbonyl (C=O) groups excluding carboxylic acids is 1. The molecule has 1 amide bonds. The summed E-state index contributed by atoms with van der Waals surface area (Å²) in [5.74, 6) is -0.851. The summed E-state index contributed by atoms with van der Waals surface area (Å²) in [6.45, 7) is 3.00. The third-order valence-corrected chi connectivity index (χ3v) is 3.23. The van der Waals surface area contributed by atoms with Crippen molar-refractivity contribution in [3.8, 4) is 0 Å². The molecule has 2 rings (SSSR count). The molecule has 1 heterocycles. The van der Waals surface area contributed by atoms with Crippen LogP contribution in [0.4, 0.5) is 10.5 Å². The Morgan fingerprint density at radius 2 is 2.11 bits per heavy atom. The minimum atomic E-state index is -0.809. The Morgan fingerprint density at radius 1 is 1.42 bits per heavy atom. The normalized spacial score (nSPS) is 16.9. The van der Waals surface area contributed by atoms with E-state index in [4.69, 9.17) is 9.84 Å². The maximum atomic E-state index is 11.6. The van der Waals surface area contributed by atoms with Gasteiger partial charge in [-0.1, -0.05) is 19.1 Å². The van der Waals surface area contributed by atoms with Gasteiger partial charge in [0.25, 0.3) is 0 Å². The van der Waals surface area contributed by atoms with E-state index in [1.807, 2.05) is 31.2 Å². The fourth-order valence-corrected chi connectivity index (χ4v) is 2.15. The molecule has 1 unspecified atom stereocenters. The number of carboxylic acids is 1. The monoisotopic (exact) mass is 263 g/mol. The molecule has 5 nitrogen and oxygen atoms in total. The standard InChI is InChI=1S/C14H17NO4/c1-10(9-13(16)17)11-3-5-12(6-4-11)15-7-2-8-19-14(15)18/h3-6,10H,2,7-9H2,1H3,(H,16,17). The number of anilines is 1. The van der Waals surface area contributed by atoms with Gasteiger partial charge in [0.1, 0.15) is 0 Å². The van der Waals surface area contributed by atoms with E-state index in [2.05, 4.69) is 0 Å². The summed E-state index contributed by atoms with van der Waals surface area (Å²) in [4.78, 5) is 23.8. The molecule has 1 aromatic rings. The maximum Gasteiger partial charge on any atom is 0.414 e. The summed E-state index contributed by atoms with van der Waals surface area (Å²) >= 11 is 0. The number of rotatable bonds is 4. The molecule has 1 N–H and O–H groups in total. The highest BCUT2D eigenvalue weighted by molar-refractivity contribution is 5.88. The zero-order chi connectivity index (χ0) is 13.8. The highest BCUT2D eigenvalue weighted by atomic mass is 16.6. The van der Waals surface area contributed by atoms with Crippen LogP contribution in [-0.4, -0.2) is 30.3 Å². The molecule has 0 bridgehead atoms. The van der Waals surface area contributed by atoms with Crippen LogP contribution >= 0.6 is 0 Å². The smallest absolute Gasteiger partial charge is 0.414 e. The van der Waals surface area contributed by atoms with Crippen LogP contribution in [-0.2, 0) is 9.53 Å². The van der Waals surface area contributed by atoms with Crippen molar-refractivity contribution in [1.82, 2.24) is 0 Å². The Morgan fingerprint density at radius 3 is 2.68 bits per heavy atom. The van der Waals surface area contributed by atoms with Gasteiger partial charge in [0.15, 0.2) is 0 Å². The molecule has 0 aliphatic carbocycles. The first kappa shape index (κ1) is 13.4. The van der Waals surface area contributed by atoms with Crippen LogP contribution in [0.5, 0.6) is 0 Å². The summed E-state index contributed by atoms with van der Waals surface area (Å²) in [6, 6.07) is 7.40. The van der Waals surface area contributed by atoms with Crippen LogP contribution in [0.2, 0.25) is 0 Å². The summed E-state index contributed by atoms with van der Waals surface area (Å²) < 4.78 is 4.98. The van der Waals surface area contributed by atoms with Crippen molar-refractivity contribution in [3.05, 3.63) is 29.8 Å². The molecule has 0 aromatic heterocycles. The average Bonchev–Trinajstić information content (AvgIpc) is 2.39. The van der Waals surface area contributed by atoms with Crippen LogP contribution in [0.25, 0.3) is 0 Å². The number of ether oxygens (including phenoxy) is 1. The Hall–Kier alpha value is -2.04. The van der Waals surface area contributed by atoms with Crippen LogP contribution in [0.3, 0.4) is 0 Å². The van der Waals surface area contributed by atoms with Crippen molar-refractivity contribution in [1.29, 1.82) is 0 Å². The number of amides is 1. The summed E-state index contributed by atoms with van der Waals surface area (Å²) in [6.07, 6.45) is 0.603. The second-order valence-corrected chi connectivity index (χ2v) is 4.71. The average molecular weight is 263 g/mol. The molecule has 1 saturated heterocycles. The lowest BCUT2D eigenvalue weighted by molar-refractivity contribution is -0.137. The first-order chi connectivity index (χ1) is 9.08. The zero-order valence-corrected chi connectivity index (χ0v) is 10.8. The Bertz CT molecular complexity index is 469. The van der Waals surface area contributed by atoms with Gasteiger partial charge in [-0.3, -0.25) is 9.69 Å². The molecular weight excluding hydrogens is 246 g/mol. The van der Waals surface area contributed by atoms with Crippen LogP contribution < -0.4 is 4.90 Å². The molecule has 1 aliphatic heterocycles. The zero-order valence-electron chi connectivity index (χ0n) is 10.8. The predicted octanol–water partition coefficient (Wildman–Crippen LogP) is 2.61. The Balaban J connectivity index is 2.09. The molecule has 0 spiro atoms. The highest BCUT2D eigenvalue weighted by Crippen LogP contribution is 2.24. The van der Waals surface area contributed by atoms with Crippen LogP contribution in [0.15, 0.2) is 24.3 Å². The van der Waals surface area contributed by atoms with E-state index in [1.54, 1.807) is 4.90 Å². The molecule has 1 atom stereocenters. The first-order valence-electron chi connectivity index (χ1n) is 6.34. The highest BCUT2D eigenvalue weighted by Gasteiger charge is 2.21. The molecule has 0 saturated carbocycles. The van der Waals surface area contributed by atoms with Gasteiger partial charge in [0.05, 0.1) is 13.0 Å². The number of hydrogen-bond donors (Lipinski definition) is 1. The van der Waals surface area contributed by atoms with Crippen molar-refractivity contribution in [2.24, 2.45) is 0 Å². The lowest BCUT2D eigenvalue weighted by atomic mass is 9.97. The van der Waals surface area contributed by atoms with Gasteiger partial charge in [-0.2, -0.15) is 0 Å². The molecule has 102 valence electrons. The van der Waals surface area contributed by atoms with Crippen molar-refractivity contribution < 1.29 is 19.4 Å². The number of carboxylic acid groups (broad SMARTS) is 1. The predicted molar refractivity (Wildman–Crippen MR) is 70.4 cm³/mol. The summed E-state index contributed by atoms with van der Waals surface area (Å²) in [5.41, 5.74) is 1.74. The number of benzene rings is 1. The molecule has 19 heavy (non-hydrogen) atoms. The number of carbonyl (C=O) groups is 2. The van der Waals surface area contributed by atoms with Crippen molar-refractivity contribution in [2.75, 3.05) is 18.1 Å². The van der Waals surface area contributed by atoms with Crippen molar-refractivity contribution in [2.45, 2.75) is 25.7 Å². The van der Waals surface area contributed by atoms with E-state index >= 15 is 0 Å². The molecule has 1 aromatic carbocycles. The van der Waals surface area contributed by atoms with Crippen LogP contribution in [0, 0.1) is 0 Å². The fraction of sp³-hybridized carbons (Fsp3) is 0.429. The van der Waals surface area contributed by atoms with Gasteiger partial charge < -0.3 is 9.84 Å². The van der Waals surface area contributed by atoms with E-state index in [0.717, 1.165) is 17.7 Å². The SMILES string of the molecule is CC(CC(=O)O)c1ccc(N2CCCOC2=O)cc1. The lowest BCUT2D eigenvalue weighted by Crippen LogP contribution is -2.37.